The van der Waals surface area contributed by atoms with Crippen LogP contribution in [0.2, 0.25) is 0 Å². The van der Waals surface area contributed by atoms with Crippen LogP contribution < -0.4 is 5.32 Å². The van der Waals surface area contributed by atoms with Crippen LogP contribution in [0.5, 0.6) is 0 Å². The first-order chi connectivity index (χ1) is 7.76. The van der Waals surface area contributed by atoms with E-state index in [2.05, 4.69) is 11.4 Å². The Balaban J connectivity index is 1.92. The highest BCUT2D eigenvalue weighted by molar-refractivity contribution is 5.80. The zero-order valence-electron chi connectivity index (χ0n) is 9.50. The summed E-state index contributed by atoms with van der Waals surface area (Å²) in [5.74, 6) is 0.0892. The molecule has 1 aliphatic heterocycles. The molecule has 2 aliphatic rings. The maximum atomic E-state index is 12.0. The molecule has 16 heavy (non-hydrogen) atoms. The first kappa shape index (κ1) is 11.4. The summed E-state index contributed by atoms with van der Waals surface area (Å²) in [6.07, 6.45) is 5.26. The maximum Gasteiger partial charge on any atom is 0.224 e. The summed E-state index contributed by atoms with van der Waals surface area (Å²) in [6, 6.07) is 2.28. The van der Waals surface area contributed by atoms with E-state index in [0.29, 0.717) is 13.2 Å². The number of nitrogens with zero attached hydrogens (tertiary/aromatic N) is 1. The minimum atomic E-state index is -0.574. The van der Waals surface area contributed by atoms with Gasteiger partial charge in [0.1, 0.15) is 5.54 Å². The van der Waals surface area contributed by atoms with Gasteiger partial charge < -0.3 is 10.1 Å². The van der Waals surface area contributed by atoms with Crippen LogP contribution in [0.1, 0.15) is 38.5 Å². The molecule has 1 amide bonds. The van der Waals surface area contributed by atoms with E-state index in [4.69, 9.17) is 4.74 Å². The van der Waals surface area contributed by atoms with Crippen LogP contribution in [0.25, 0.3) is 0 Å². The molecule has 0 aromatic carbocycles. The zero-order valence-corrected chi connectivity index (χ0v) is 9.50. The van der Waals surface area contributed by atoms with Gasteiger partial charge in [0.2, 0.25) is 5.91 Å². The molecule has 1 saturated carbocycles. The monoisotopic (exact) mass is 222 g/mol. The van der Waals surface area contributed by atoms with E-state index in [1.54, 1.807) is 0 Å². The number of nitrogens with one attached hydrogen (secondary N) is 1. The Morgan fingerprint density at radius 3 is 2.50 bits per heavy atom. The molecule has 0 radical (unpaired) electrons. The average Bonchev–Trinajstić information content (AvgIpc) is 2.79. The number of carbonyl (C=O) groups is 1. The van der Waals surface area contributed by atoms with Crippen LogP contribution in [-0.2, 0) is 9.53 Å². The first-order valence-electron chi connectivity index (χ1n) is 6.07. The Hall–Kier alpha value is -1.08. The molecule has 2 rings (SSSR count). The fourth-order valence-corrected chi connectivity index (χ4v) is 2.54. The third-order valence-corrected chi connectivity index (χ3v) is 3.63. The van der Waals surface area contributed by atoms with E-state index in [0.717, 1.165) is 38.5 Å². The average molecular weight is 222 g/mol. The molecule has 0 unspecified atom stereocenters. The molecule has 4 nitrogen and oxygen atoms in total. The van der Waals surface area contributed by atoms with Crippen molar-refractivity contribution in [1.29, 1.82) is 5.26 Å². The van der Waals surface area contributed by atoms with Gasteiger partial charge in [0, 0.05) is 19.1 Å². The summed E-state index contributed by atoms with van der Waals surface area (Å²) in [4.78, 5) is 12.0. The number of nitriles is 1. The molecule has 0 spiro atoms. The number of hydrogen-bond donors (Lipinski definition) is 1. The van der Waals surface area contributed by atoms with Gasteiger partial charge in [-0.25, -0.2) is 0 Å². The lowest BCUT2D eigenvalue weighted by Crippen LogP contribution is -2.48. The van der Waals surface area contributed by atoms with E-state index in [9.17, 15) is 10.1 Å². The van der Waals surface area contributed by atoms with Crippen LogP contribution in [0.3, 0.4) is 0 Å². The van der Waals surface area contributed by atoms with Crippen molar-refractivity contribution in [1.82, 2.24) is 5.32 Å². The summed E-state index contributed by atoms with van der Waals surface area (Å²) >= 11 is 0. The van der Waals surface area contributed by atoms with Crippen molar-refractivity contribution in [2.45, 2.75) is 44.1 Å². The van der Waals surface area contributed by atoms with Gasteiger partial charge in [-0.15, -0.1) is 0 Å². The Morgan fingerprint density at radius 1 is 1.31 bits per heavy atom. The summed E-state index contributed by atoms with van der Waals surface area (Å²) in [5.41, 5.74) is -0.574. The first-order valence-corrected chi connectivity index (χ1v) is 6.07. The van der Waals surface area contributed by atoms with E-state index in [1.165, 1.54) is 0 Å². The Labute approximate surface area is 96.0 Å². The molecule has 0 aromatic rings. The van der Waals surface area contributed by atoms with Crippen molar-refractivity contribution < 1.29 is 9.53 Å². The predicted octanol–water partition coefficient (Wildman–Crippen LogP) is 1.37. The van der Waals surface area contributed by atoms with Gasteiger partial charge in [-0.1, -0.05) is 0 Å². The quantitative estimate of drug-likeness (QED) is 0.767. The number of rotatable bonds is 2. The van der Waals surface area contributed by atoms with E-state index in [-0.39, 0.29) is 11.8 Å². The smallest absolute Gasteiger partial charge is 0.224 e. The van der Waals surface area contributed by atoms with Gasteiger partial charge in [0.05, 0.1) is 6.07 Å². The van der Waals surface area contributed by atoms with Crippen molar-refractivity contribution in [3.63, 3.8) is 0 Å². The van der Waals surface area contributed by atoms with Crippen LogP contribution >= 0.6 is 0 Å². The molecule has 88 valence electrons. The second-order valence-electron chi connectivity index (χ2n) is 4.78. The van der Waals surface area contributed by atoms with Crippen molar-refractivity contribution >= 4 is 5.91 Å². The minimum Gasteiger partial charge on any atom is -0.381 e. The molecular weight excluding hydrogens is 204 g/mol. The second-order valence-corrected chi connectivity index (χ2v) is 4.78. The Kier molecular flexibility index (Phi) is 3.45. The molecule has 2 fully saturated rings. The fourth-order valence-electron chi connectivity index (χ4n) is 2.54. The number of carbonyl (C=O) groups excluding carboxylic acids is 1. The van der Waals surface area contributed by atoms with Crippen molar-refractivity contribution in [2.24, 2.45) is 5.92 Å². The summed E-state index contributed by atoms with van der Waals surface area (Å²) in [6.45, 7) is 1.33. The lowest BCUT2D eigenvalue weighted by atomic mass is 9.95. The van der Waals surface area contributed by atoms with E-state index >= 15 is 0 Å². The molecule has 0 aromatic heterocycles. The highest BCUT2D eigenvalue weighted by Crippen LogP contribution is 2.29. The second kappa shape index (κ2) is 4.84. The molecule has 4 heteroatoms. The maximum absolute atomic E-state index is 12.0. The van der Waals surface area contributed by atoms with Crippen molar-refractivity contribution in [3.05, 3.63) is 0 Å². The highest BCUT2D eigenvalue weighted by Gasteiger charge is 2.37. The van der Waals surface area contributed by atoms with Crippen molar-refractivity contribution in [3.8, 4) is 6.07 Å². The third-order valence-electron chi connectivity index (χ3n) is 3.63. The topological polar surface area (TPSA) is 62.1 Å². The number of amides is 1. The standard InChI is InChI=1S/C12H18N2O2/c13-9-12(5-1-2-6-12)14-11(15)10-3-7-16-8-4-10/h10H,1-8H2,(H,14,15). The SMILES string of the molecule is N#CC1(NC(=O)C2CCOCC2)CCCC1. The number of ether oxygens (including phenoxy) is 1. The molecule has 1 heterocycles. The van der Waals surface area contributed by atoms with Crippen LogP contribution in [0.4, 0.5) is 0 Å². The summed E-state index contributed by atoms with van der Waals surface area (Å²) in [7, 11) is 0. The van der Waals surface area contributed by atoms with E-state index < -0.39 is 5.54 Å². The molecule has 1 saturated heterocycles. The normalized spacial score (nSPS) is 24.9. The van der Waals surface area contributed by atoms with Gasteiger partial charge in [-0.3, -0.25) is 4.79 Å². The Bertz CT molecular complexity index is 297. The number of hydrogen-bond acceptors (Lipinski definition) is 3. The Morgan fingerprint density at radius 2 is 1.94 bits per heavy atom. The minimum absolute atomic E-state index is 0.0413. The zero-order chi connectivity index (χ0) is 11.4. The third kappa shape index (κ3) is 2.35. The largest absolute Gasteiger partial charge is 0.381 e. The fraction of sp³-hybridized carbons (Fsp3) is 0.833. The van der Waals surface area contributed by atoms with Crippen LogP contribution in [0.15, 0.2) is 0 Å². The molecular formula is C12H18N2O2. The summed E-state index contributed by atoms with van der Waals surface area (Å²) in [5, 5.41) is 12.1. The van der Waals surface area contributed by atoms with E-state index in [1.807, 2.05) is 0 Å². The van der Waals surface area contributed by atoms with Crippen LogP contribution in [0, 0.1) is 17.2 Å². The molecule has 0 bridgehead atoms. The predicted molar refractivity (Wildman–Crippen MR) is 58.5 cm³/mol. The van der Waals surface area contributed by atoms with Gasteiger partial charge >= 0.3 is 0 Å². The summed E-state index contributed by atoms with van der Waals surface area (Å²) < 4.78 is 5.23. The lowest BCUT2D eigenvalue weighted by molar-refractivity contribution is -0.129. The van der Waals surface area contributed by atoms with Gasteiger partial charge in [0.15, 0.2) is 0 Å². The van der Waals surface area contributed by atoms with Gasteiger partial charge in [0.25, 0.3) is 0 Å². The molecule has 0 atom stereocenters. The van der Waals surface area contributed by atoms with Crippen molar-refractivity contribution in [2.75, 3.05) is 13.2 Å². The molecule has 1 N–H and O–H groups in total. The highest BCUT2D eigenvalue weighted by atomic mass is 16.5. The van der Waals surface area contributed by atoms with Gasteiger partial charge in [-0.2, -0.15) is 5.26 Å². The molecule has 1 aliphatic carbocycles. The van der Waals surface area contributed by atoms with Crippen LogP contribution in [-0.4, -0.2) is 24.7 Å². The lowest BCUT2D eigenvalue weighted by Gasteiger charge is -2.27. The van der Waals surface area contributed by atoms with Gasteiger partial charge in [-0.05, 0) is 38.5 Å².